The van der Waals surface area contributed by atoms with E-state index in [4.69, 9.17) is 16.3 Å². The van der Waals surface area contributed by atoms with E-state index in [0.29, 0.717) is 0 Å². The van der Waals surface area contributed by atoms with E-state index in [2.05, 4.69) is 5.43 Å². The maximum absolute atomic E-state index is 12.8. The largest absolute Gasteiger partial charge is 0.481 e. The molecule has 1 atom stereocenters. The summed E-state index contributed by atoms with van der Waals surface area (Å²) < 4.78 is 42.2. The Morgan fingerprint density at radius 3 is 2.50 bits per heavy atom. The van der Waals surface area contributed by atoms with E-state index in [1.807, 2.05) is 4.83 Å². The topological polar surface area (TPSA) is 84.5 Å². The first-order valence-electron chi connectivity index (χ1n) is 6.77. The van der Waals surface area contributed by atoms with Gasteiger partial charge in [-0.15, -0.1) is 4.83 Å². The van der Waals surface area contributed by atoms with E-state index in [1.165, 1.54) is 55.5 Å². The van der Waals surface area contributed by atoms with E-state index in [1.54, 1.807) is 0 Å². The molecule has 2 aromatic rings. The molecule has 2 N–H and O–H groups in total. The number of amides is 1. The number of halogens is 2. The minimum atomic E-state index is -3.96. The lowest BCUT2D eigenvalue weighted by Gasteiger charge is -2.15. The lowest BCUT2D eigenvalue weighted by molar-refractivity contribution is -0.127. The van der Waals surface area contributed by atoms with Gasteiger partial charge in [-0.1, -0.05) is 17.7 Å². The van der Waals surface area contributed by atoms with Crippen molar-refractivity contribution in [3.63, 3.8) is 0 Å². The molecule has 0 saturated heterocycles. The molecule has 1 amide bonds. The maximum atomic E-state index is 12.8. The highest BCUT2D eigenvalue weighted by Crippen LogP contribution is 2.15. The molecule has 0 aliphatic heterocycles. The summed E-state index contributed by atoms with van der Waals surface area (Å²) in [7, 11) is -3.96. The van der Waals surface area contributed by atoms with Gasteiger partial charge in [0.2, 0.25) is 0 Å². The van der Waals surface area contributed by atoms with Crippen molar-refractivity contribution in [2.45, 2.75) is 17.9 Å². The first-order chi connectivity index (χ1) is 11.3. The van der Waals surface area contributed by atoms with Crippen molar-refractivity contribution in [3.8, 4) is 5.75 Å². The van der Waals surface area contributed by atoms with Crippen LogP contribution in [0.1, 0.15) is 6.92 Å². The number of rotatable bonds is 6. The van der Waals surface area contributed by atoms with Crippen LogP contribution in [-0.2, 0) is 14.8 Å². The number of ether oxygens (including phenoxy) is 1. The third-order valence-electron chi connectivity index (χ3n) is 2.91. The Balaban J connectivity index is 1.95. The molecule has 2 aromatic carbocycles. The number of hydrazine groups is 1. The van der Waals surface area contributed by atoms with Gasteiger partial charge in [0, 0.05) is 5.02 Å². The highest BCUT2D eigenvalue weighted by Gasteiger charge is 2.19. The van der Waals surface area contributed by atoms with E-state index in [0.717, 1.165) is 0 Å². The monoisotopic (exact) mass is 372 g/mol. The molecular formula is C15H14ClFN2O4S. The van der Waals surface area contributed by atoms with Gasteiger partial charge in [-0.05, 0) is 49.4 Å². The van der Waals surface area contributed by atoms with E-state index in [-0.39, 0.29) is 15.7 Å². The van der Waals surface area contributed by atoms with Crippen LogP contribution in [0.3, 0.4) is 0 Å². The molecule has 0 aliphatic rings. The van der Waals surface area contributed by atoms with Crippen LogP contribution in [0.5, 0.6) is 5.75 Å². The van der Waals surface area contributed by atoms with Crippen LogP contribution in [-0.4, -0.2) is 20.4 Å². The third kappa shape index (κ3) is 4.92. The van der Waals surface area contributed by atoms with Crippen molar-refractivity contribution in [1.82, 2.24) is 10.3 Å². The van der Waals surface area contributed by atoms with Gasteiger partial charge < -0.3 is 4.74 Å². The van der Waals surface area contributed by atoms with Crippen LogP contribution >= 0.6 is 11.6 Å². The normalized spacial score (nSPS) is 12.5. The van der Waals surface area contributed by atoms with Crippen molar-refractivity contribution in [1.29, 1.82) is 0 Å². The molecule has 0 saturated carbocycles. The molecule has 0 radical (unpaired) electrons. The number of hydrogen-bond acceptors (Lipinski definition) is 4. The summed E-state index contributed by atoms with van der Waals surface area (Å²) >= 11 is 5.74. The quantitative estimate of drug-likeness (QED) is 0.762. The summed E-state index contributed by atoms with van der Waals surface area (Å²) in [5.74, 6) is -0.879. The fraction of sp³-hybridized carbons (Fsp3) is 0.133. The summed E-state index contributed by atoms with van der Waals surface area (Å²) in [6.45, 7) is 1.42. The Morgan fingerprint density at radius 1 is 1.21 bits per heavy atom. The molecule has 9 heteroatoms. The van der Waals surface area contributed by atoms with Crippen LogP contribution < -0.4 is 15.0 Å². The first-order valence-corrected chi connectivity index (χ1v) is 8.63. The second kappa shape index (κ2) is 7.61. The SMILES string of the molecule is C[C@@H](Oc1ccc(F)cc1)C(=O)NNS(=O)(=O)c1cccc(Cl)c1. The molecule has 0 heterocycles. The average Bonchev–Trinajstić information content (AvgIpc) is 2.55. The van der Waals surface area contributed by atoms with E-state index >= 15 is 0 Å². The van der Waals surface area contributed by atoms with Crippen LogP contribution in [0.25, 0.3) is 0 Å². The lowest BCUT2D eigenvalue weighted by atomic mass is 10.3. The fourth-order valence-electron chi connectivity index (χ4n) is 1.68. The second-order valence-electron chi connectivity index (χ2n) is 4.77. The molecule has 0 bridgehead atoms. The molecule has 6 nitrogen and oxygen atoms in total. The van der Waals surface area contributed by atoms with Gasteiger partial charge in [0.25, 0.3) is 15.9 Å². The summed E-state index contributed by atoms with van der Waals surface area (Å²) in [5, 5.41) is 0.247. The number of hydrogen-bond donors (Lipinski definition) is 2. The lowest BCUT2D eigenvalue weighted by Crippen LogP contribution is -2.47. The summed E-state index contributed by atoms with van der Waals surface area (Å²) in [5.41, 5.74) is 2.05. The molecule has 0 aromatic heterocycles. The third-order valence-corrected chi connectivity index (χ3v) is 4.39. The number of benzene rings is 2. The average molecular weight is 373 g/mol. The molecular weight excluding hydrogens is 359 g/mol. The highest BCUT2D eigenvalue weighted by molar-refractivity contribution is 7.89. The highest BCUT2D eigenvalue weighted by atomic mass is 35.5. The molecule has 0 spiro atoms. The molecule has 0 fully saturated rings. The predicted molar refractivity (Wildman–Crippen MR) is 86.4 cm³/mol. The van der Waals surface area contributed by atoms with Crippen molar-refractivity contribution in [2.75, 3.05) is 0 Å². The number of nitrogens with one attached hydrogen (secondary N) is 2. The molecule has 2 rings (SSSR count). The van der Waals surface area contributed by atoms with Crippen LogP contribution in [0.2, 0.25) is 5.02 Å². The van der Waals surface area contributed by atoms with Gasteiger partial charge in [0.1, 0.15) is 11.6 Å². The Hall–Kier alpha value is -2.16. The number of carbonyl (C=O) groups excluding carboxylic acids is 1. The smallest absolute Gasteiger partial charge is 0.275 e. The first kappa shape index (κ1) is 18.2. The fourth-order valence-corrected chi connectivity index (χ4v) is 2.83. The van der Waals surface area contributed by atoms with Gasteiger partial charge in [-0.2, -0.15) is 0 Å². The Kier molecular flexibility index (Phi) is 5.76. The predicted octanol–water partition coefficient (Wildman–Crippen LogP) is 2.26. The van der Waals surface area contributed by atoms with E-state index < -0.39 is 27.9 Å². The van der Waals surface area contributed by atoms with Crippen molar-refractivity contribution in [3.05, 3.63) is 59.4 Å². The minimum Gasteiger partial charge on any atom is -0.481 e. The molecule has 24 heavy (non-hydrogen) atoms. The zero-order chi connectivity index (χ0) is 17.7. The standard InChI is InChI=1S/C15H14ClFN2O4S/c1-10(23-13-7-5-12(17)6-8-13)15(20)18-19-24(21,22)14-4-2-3-11(16)9-14/h2-10,19H,1H3,(H,18,20)/t10-/m1/s1. The molecule has 0 aliphatic carbocycles. The summed E-state index contributed by atoms with van der Waals surface area (Å²) in [4.78, 5) is 13.8. The molecule has 0 unspecified atom stereocenters. The van der Waals surface area contributed by atoms with Crippen LogP contribution in [0, 0.1) is 5.82 Å². The van der Waals surface area contributed by atoms with Crippen molar-refractivity contribution >= 4 is 27.5 Å². The number of sulfonamides is 1. The summed E-state index contributed by atoms with van der Waals surface area (Å²) in [6, 6.07) is 10.7. The van der Waals surface area contributed by atoms with Gasteiger partial charge in [0.05, 0.1) is 4.90 Å². The Bertz CT molecular complexity index is 828. The number of carbonyl (C=O) groups is 1. The molecule has 128 valence electrons. The van der Waals surface area contributed by atoms with Gasteiger partial charge in [0.15, 0.2) is 6.10 Å². The second-order valence-corrected chi connectivity index (χ2v) is 6.88. The maximum Gasteiger partial charge on any atom is 0.275 e. The van der Waals surface area contributed by atoms with Crippen LogP contribution in [0.15, 0.2) is 53.4 Å². The summed E-state index contributed by atoms with van der Waals surface area (Å²) in [6.07, 6.45) is -1.00. The van der Waals surface area contributed by atoms with Gasteiger partial charge >= 0.3 is 0 Å². The zero-order valence-electron chi connectivity index (χ0n) is 12.5. The van der Waals surface area contributed by atoms with Crippen molar-refractivity contribution < 1.29 is 22.3 Å². The van der Waals surface area contributed by atoms with Crippen molar-refractivity contribution in [2.24, 2.45) is 0 Å². The van der Waals surface area contributed by atoms with E-state index in [9.17, 15) is 17.6 Å². The Labute approximate surface area is 143 Å². The van der Waals surface area contributed by atoms with Gasteiger partial charge in [-0.3, -0.25) is 10.2 Å². The van der Waals surface area contributed by atoms with Crippen LogP contribution in [0.4, 0.5) is 4.39 Å². The van der Waals surface area contributed by atoms with Gasteiger partial charge in [-0.25, -0.2) is 12.8 Å². The zero-order valence-corrected chi connectivity index (χ0v) is 14.1. The Morgan fingerprint density at radius 2 is 1.88 bits per heavy atom. The minimum absolute atomic E-state index is 0.0950.